The van der Waals surface area contributed by atoms with Crippen molar-refractivity contribution < 1.29 is 9.47 Å². The van der Waals surface area contributed by atoms with Crippen LogP contribution < -0.4 is 15.2 Å². The van der Waals surface area contributed by atoms with Crippen molar-refractivity contribution >= 4 is 0 Å². The summed E-state index contributed by atoms with van der Waals surface area (Å²) in [5.41, 5.74) is 8.42. The van der Waals surface area contributed by atoms with E-state index in [-0.39, 0.29) is 12.1 Å². The van der Waals surface area contributed by atoms with Gasteiger partial charge in [-0.3, -0.25) is 0 Å². The van der Waals surface area contributed by atoms with E-state index in [9.17, 15) is 0 Å². The normalized spacial score (nSPS) is 12.2. The second-order valence-electron chi connectivity index (χ2n) is 5.22. The Balaban J connectivity index is 2.13. The highest BCUT2D eigenvalue weighted by Crippen LogP contribution is 2.27. The molecule has 0 amide bonds. The van der Waals surface area contributed by atoms with E-state index in [0.717, 1.165) is 16.9 Å². The molecule has 2 N–H and O–H groups in total. The standard InChI is InChI=1S/C17H22N2O2/c1-12(2)21-16-7-5-4-6-14(16)15(18)10-13-8-9-17(20-3)19-11-13/h4-9,11-12,15H,10,18H2,1-3H3. The Morgan fingerprint density at radius 3 is 2.52 bits per heavy atom. The number of ether oxygens (including phenoxy) is 2. The Bertz CT molecular complexity index is 567. The SMILES string of the molecule is COc1ccc(CC(N)c2ccccc2OC(C)C)cn1. The largest absolute Gasteiger partial charge is 0.491 e. The van der Waals surface area contributed by atoms with Crippen LogP contribution in [0, 0.1) is 0 Å². The number of nitrogens with two attached hydrogens (primary N) is 1. The quantitative estimate of drug-likeness (QED) is 0.886. The predicted octanol–water partition coefficient (Wildman–Crippen LogP) is 3.12. The van der Waals surface area contributed by atoms with Crippen molar-refractivity contribution in [3.8, 4) is 11.6 Å². The monoisotopic (exact) mass is 286 g/mol. The molecule has 4 nitrogen and oxygen atoms in total. The summed E-state index contributed by atoms with van der Waals surface area (Å²) in [7, 11) is 1.60. The van der Waals surface area contributed by atoms with E-state index in [1.807, 2.05) is 50.2 Å². The van der Waals surface area contributed by atoms with Gasteiger partial charge in [0.1, 0.15) is 5.75 Å². The Hall–Kier alpha value is -2.07. The molecule has 0 spiro atoms. The van der Waals surface area contributed by atoms with Crippen LogP contribution in [0.2, 0.25) is 0 Å². The van der Waals surface area contributed by atoms with Gasteiger partial charge in [-0.15, -0.1) is 0 Å². The van der Waals surface area contributed by atoms with Crippen molar-refractivity contribution in [2.24, 2.45) is 5.73 Å². The highest BCUT2D eigenvalue weighted by molar-refractivity contribution is 5.37. The van der Waals surface area contributed by atoms with Crippen LogP contribution in [0.5, 0.6) is 11.6 Å². The van der Waals surface area contributed by atoms with E-state index in [1.165, 1.54) is 0 Å². The second kappa shape index (κ2) is 7.09. The third-order valence-corrected chi connectivity index (χ3v) is 3.14. The molecule has 0 fully saturated rings. The molecule has 112 valence electrons. The summed E-state index contributed by atoms with van der Waals surface area (Å²) in [5.74, 6) is 1.46. The van der Waals surface area contributed by atoms with Crippen LogP contribution in [0.1, 0.15) is 31.0 Å². The zero-order valence-electron chi connectivity index (χ0n) is 12.7. The first-order valence-electron chi connectivity index (χ1n) is 7.10. The Kier molecular flexibility index (Phi) is 5.17. The molecule has 1 unspecified atom stereocenters. The fraction of sp³-hybridized carbons (Fsp3) is 0.353. The molecule has 2 rings (SSSR count). The molecule has 0 bridgehead atoms. The van der Waals surface area contributed by atoms with Crippen LogP contribution >= 0.6 is 0 Å². The van der Waals surface area contributed by atoms with Gasteiger partial charge >= 0.3 is 0 Å². The fourth-order valence-electron chi connectivity index (χ4n) is 2.16. The van der Waals surface area contributed by atoms with Crippen LogP contribution in [0.25, 0.3) is 0 Å². The van der Waals surface area contributed by atoms with Gasteiger partial charge in [-0.1, -0.05) is 24.3 Å². The number of hydrogen-bond donors (Lipinski definition) is 1. The number of aromatic nitrogens is 1. The summed E-state index contributed by atoms with van der Waals surface area (Å²) >= 11 is 0. The lowest BCUT2D eigenvalue weighted by Gasteiger charge is -2.18. The van der Waals surface area contributed by atoms with Crippen LogP contribution in [-0.2, 0) is 6.42 Å². The van der Waals surface area contributed by atoms with Crippen LogP contribution in [-0.4, -0.2) is 18.2 Å². The zero-order valence-corrected chi connectivity index (χ0v) is 12.7. The number of methoxy groups -OCH3 is 1. The lowest BCUT2D eigenvalue weighted by molar-refractivity contribution is 0.238. The van der Waals surface area contributed by atoms with E-state index in [4.69, 9.17) is 15.2 Å². The predicted molar refractivity (Wildman–Crippen MR) is 83.6 cm³/mol. The van der Waals surface area contributed by atoms with E-state index < -0.39 is 0 Å². The minimum atomic E-state index is -0.129. The molecule has 0 aliphatic rings. The first-order chi connectivity index (χ1) is 10.1. The highest BCUT2D eigenvalue weighted by Gasteiger charge is 2.13. The van der Waals surface area contributed by atoms with Crippen molar-refractivity contribution in [1.82, 2.24) is 4.98 Å². The smallest absolute Gasteiger partial charge is 0.212 e. The van der Waals surface area contributed by atoms with Gasteiger partial charge < -0.3 is 15.2 Å². The molecule has 0 aliphatic heterocycles. The summed E-state index contributed by atoms with van der Waals surface area (Å²) < 4.78 is 10.9. The maximum Gasteiger partial charge on any atom is 0.212 e. The van der Waals surface area contributed by atoms with Crippen molar-refractivity contribution in [3.05, 3.63) is 53.7 Å². The topological polar surface area (TPSA) is 57.4 Å². The average molecular weight is 286 g/mol. The molecule has 0 aliphatic carbocycles. The maximum atomic E-state index is 6.34. The summed E-state index contributed by atoms with van der Waals surface area (Å²) in [6.07, 6.45) is 2.63. The summed E-state index contributed by atoms with van der Waals surface area (Å²) in [6.45, 7) is 4.02. The molecule has 4 heteroatoms. The van der Waals surface area contributed by atoms with Gasteiger partial charge in [0.2, 0.25) is 5.88 Å². The zero-order chi connectivity index (χ0) is 15.2. The third kappa shape index (κ3) is 4.20. The Morgan fingerprint density at radius 2 is 1.90 bits per heavy atom. The third-order valence-electron chi connectivity index (χ3n) is 3.14. The number of benzene rings is 1. The molecular weight excluding hydrogens is 264 g/mol. The van der Waals surface area contributed by atoms with Gasteiger partial charge in [0.15, 0.2) is 0 Å². The van der Waals surface area contributed by atoms with Gasteiger partial charge in [-0.2, -0.15) is 0 Å². The van der Waals surface area contributed by atoms with E-state index in [2.05, 4.69) is 4.98 Å². The molecule has 0 saturated carbocycles. The van der Waals surface area contributed by atoms with E-state index >= 15 is 0 Å². The Labute approximate surface area is 125 Å². The summed E-state index contributed by atoms with van der Waals surface area (Å²) in [6, 6.07) is 11.6. The first-order valence-corrected chi connectivity index (χ1v) is 7.10. The number of nitrogens with zero attached hydrogens (tertiary/aromatic N) is 1. The highest BCUT2D eigenvalue weighted by atomic mass is 16.5. The lowest BCUT2D eigenvalue weighted by atomic mass is 10.00. The number of pyridine rings is 1. The molecule has 0 radical (unpaired) electrons. The number of para-hydroxylation sites is 1. The van der Waals surface area contributed by atoms with Gasteiger partial charge in [0.25, 0.3) is 0 Å². The molecule has 1 aromatic carbocycles. The molecule has 1 aromatic heterocycles. The van der Waals surface area contributed by atoms with E-state index in [0.29, 0.717) is 12.3 Å². The van der Waals surface area contributed by atoms with E-state index in [1.54, 1.807) is 13.3 Å². The van der Waals surface area contributed by atoms with Gasteiger partial charge in [0.05, 0.1) is 13.2 Å². The van der Waals surface area contributed by atoms with Crippen molar-refractivity contribution in [3.63, 3.8) is 0 Å². The van der Waals surface area contributed by atoms with Crippen molar-refractivity contribution in [1.29, 1.82) is 0 Å². The molecule has 2 aromatic rings. The number of rotatable bonds is 6. The molecule has 0 saturated heterocycles. The van der Waals surface area contributed by atoms with Gasteiger partial charge in [-0.25, -0.2) is 4.98 Å². The van der Waals surface area contributed by atoms with Crippen LogP contribution in [0.15, 0.2) is 42.6 Å². The average Bonchev–Trinajstić information content (AvgIpc) is 2.48. The van der Waals surface area contributed by atoms with Crippen LogP contribution in [0.3, 0.4) is 0 Å². The summed E-state index contributed by atoms with van der Waals surface area (Å²) in [4.78, 5) is 4.21. The molecular formula is C17H22N2O2. The molecule has 21 heavy (non-hydrogen) atoms. The van der Waals surface area contributed by atoms with Gasteiger partial charge in [-0.05, 0) is 31.9 Å². The second-order valence-corrected chi connectivity index (χ2v) is 5.22. The van der Waals surface area contributed by atoms with Crippen molar-refractivity contribution in [2.75, 3.05) is 7.11 Å². The first kappa shape index (κ1) is 15.3. The lowest BCUT2D eigenvalue weighted by Crippen LogP contribution is -2.16. The van der Waals surface area contributed by atoms with Crippen molar-refractivity contribution in [2.45, 2.75) is 32.4 Å². The minimum absolute atomic E-state index is 0.126. The fourth-order valence-corrected chi connectivity index (χ4v) is 2.16. The van der Waals surface area contributed by atoms with Crippen LogP contribution in [0.4, 0.5) is 0 Å². The van der Waals surface area contributed by atoms with Gasteiger partial charge in [0, 0.05) is 23.9 Å². The number of hydrogen-bond acceptors (Lipinski definition) is 4. The minimum Gasteiger partial charge on any atom is -0.491 e. The molecule has 1 atom stereocenters. The Morgan fingerprint density at radius 1 is 1.14 bits per heavy atom. The maximum absolute atomic E-state index is 6.34. The molecule has 1 heterocycles. The summed E-state index contributed by atoms with van der Waals surface area (Å²) in [5, 5.41) is 0.